The van der Waals surface area contributed by atoms with Crippen LogP contribution >= 0.6 is 23.2 Å². The lowest BCUT2D eigenvalue weighted by Crippen LogP contribution is -2.19. The summed E-state index contributed by atoms with van der Waals surface area (Å²) >= 11 is 11.2. The predicted molar refractivity (Wildman–Crippen MR) is 64.8 cm³/mol. The lowest BCUT2D eigenvalue weighted by Gasteiger charge is -2.04. The topological polar surface area (TPSA) is 101 Å². The Balaban J connectivity index is 2.37. The Bertz CT molecular complexity index is 641. The summed E-state index contributed by atoms with van der Waals surface area (Å²) in [6.07, 6.45) is 1.39. The maximum atomic E-state index is 11.4. The van der Waals surface area contributed by atoms with Crippen molar-refractivity contribution >= 4 is 50.3 Å². The molecular weight excluding hydrogens is 289 g/mol. The van der Waals surface area contributed by atoms with E-state index in [4.69, 9.17) is 23.2 Å². The molecule has 0 aromatic carbocycles. The van der Waals surface area contributed by atoms with E-state index in [2.05, 4.69) is 24.7 Å². The van der Waals surface area contributed by atoms with E-state index >= 15 is 0 Å². The Morgan fingerprint density at radius 2 is 2.18 bits per heavy atom. The van der Waals surface area contributed by atoms with E-state index in [1.165, 1.54) is 6.33 Å². The zero-order valence-electron chi connectivity index (χ0n) is 8.31. The molecule has 92 valence electrons. The number of fused-ring (bicyclic) bond motifs is 1. The number of hydrogen-bond acceptors (Lipinski definition) is 5. The second kappa shape index (κ2) is 4.63. The number of halogens is 2. The van der Waals surface area contributed by atoms with Crippen molar-refractivity contribution in [2.45, 2.75) is 0 Å². The van der Waals surface area contributed by atoms with Gasteiger partial charge in [-0.15, -0.1) is 11.6 Å². The van der Waals surface area contributed by atoms with Crippen molar-refractivity contribution in [2.24, 2.45) is 0 Å². The highest BCUT2D eigenvalue weighted by atomic mass is 35.5. The van der Waals surface area contributed by atoms with E-state index in [0.717, 1.165) is 0 Å². The molecule has 0 bridgehead atoms. The molecule has 2 heterocycles. The molecule has 0 aliphatic carbocycles. The molecule has 0 spiro atoms. The lowest BCUT2D eigenvalue weighted by atomic mass is 10.6. The zero-order chi connectivity index (χ0) is 12.5. The highest BCUT2D eigenvalue weighted by Gasteiger charge is 2.14. The fraction of sp³-hybridized carbons (Fsp3) is 0.286. The van der Waals surface area contributed by atoms with Gasteiger partial charge in [-0.05, 0) is 0 Å². The first-order chi connectivity index (χ1) is 8.02. The maximum Gasteiger partial charge on any atom is 0.240 e. The van der Waals surface area contributed by atoms with Crippen LogP contribution in [0.15, 0.2) is 6.33 Å². The molecule has 2 aromatic heterocycles. The molecule has 7 nitrogen and oxygen atoms in total. The van der Waals surface area contributed by atoms with Gasteiger partial charge in [-0.25, -0.2) is 13.4 Å². The van der Waals surface area contributed by atoms with Gasteiger partial charge in [0, 0.05) is 5.88 Å². The van der Waals surface area contributed by atoms with Crippen LogP contribution in [0.25, 0.3) is 11.2 Å². The van der Waals surface area contributed by atoms with Crippen molar-refractivity contribution in [3.8, 4) is 0 Å². The smallest absolute Gasteiger partial charge is 0.240 e. The van der Waals surface area contributed by atoms with Gasteiger partial charge in [-0.2, -0.15) is 9.97 Å². The number of rotatable bonds is 4. The summed E-state index contributed by atoms with van der Waals surface area (Å²) in [5.74, 6) is -0.373. The van der Waals surface area contributed by atoms with Crippen LogP contribution in [0.5, 0.6) is 0 Å². The second-order valence-corrected chi connectivity index (χ2v) is 5.63. The standard InChI is InChI=1S/C7H7Cl2N5O2S/c8-1-2-17(15,16)14-7-12-5(9)4-6(13-7)11-3-10-4/h3H,1-2H2,(H2,10,11,12,13,14). The van der Waals surface area contributed by atoms with Crippen molar-refractivity contribution in [1.82, 2.24) is 19.9 Å². The summed E-state index contributed by atoms with van der Waals surface area (Å²) in [7, 11) is -3.56. The SMILES string of the molecule is O=S(=O)(CCCl)Nc1nc(Cl)c2[nH]cnc2n1. The summed E-state index contributed by atoms with van der Waals surface area (Å²) in [5, 5.41) is 0.0936. The molecule has 0 unspecified atom stereocenters. The van der Waals surface area contributed by atoms with Crippen molar-refractivity contribution < 1.29 is 8.42 Å². The minimum atomic E-state index is -3.56. The summed E-state index contributed by atoms with van der Waals surface area (Å²) in [5.41, 5.74) is 0.737. The number of aromatic amines is 1. The maximum absolute atomic E-state index is 11.4. The molecule has 17 heavy (non-hydrogen) atoms. The molecule has 0 saturated carbocycles. The van der Waals surface area contributed by atoms with Crippen LogP contribution in [-0.4, -0.2) is 40.0 Å². The molecule has 10 heteroatoms. The average Bonchev–Trinajstić information content (AvgIpc) is 2.64. The Kier molecular flexibility index (Phi) is 3.36. The van der Waals surface area contributed by atoms with Gasteiger partial charge >= 0.3 is 0 Å². The number of imidazole rings is 1. The number of nitrogens with zero attached hydrogens (tertiary/aromatic N) is 3. The normalized spacial score (nSPS) is 11.9. The third-order valence-corrected chi connectivity index (χ3v) is 3.76. The van der Waals surface area contributed by atoms with Gasteiger partial charge in [0.25, 0.3) is 0 Å². The molecule has 2 N–H and O–H groups in total. The Morgan fingerprint density at radius 1 is 1.41 bits per heavy atom. The number of hydrogen-bond donors (Lipinski definition) is 2. The predicted octanol–water partition coefficient (Wildman–Crippen LogP) is 0.987. The Labute approximate surface area is 107 Å². The van der Waals surface area contributed by atoms with Crippen molar-refractivity contribution in [3.05, 3.63) is 11.5 Å². The van der Waals surface area contributed by atoms with Crippen LogP contribution in [0.1, 0.15) is 0 Å². The van der Waals surface area contributed by atoms with Crippen molar-refractivity contribution in [2.75, 3.05) is 16.4 Å². The van der Waals surface area contributed by atoms with E-state index in [1.54, 1.807) is 0 Å². The molecule has 0 fully saturated rings. The van der Waals surface area contributed by atoms with E-state index in [1.807, 2.05) is 0 Å². The molecule has 0 amide bonds. The number of H-pyrrole nitrogens is 1. The van der Waals surface area contributed by atoms with Gasteiger partial charge in [-0.1, -0.05) is 11.6 Å². The van der Waals surface area contributed by atoms with Crippen LogP contribution in [0.4, 0.5) is 5.95 Å². The third-order valence-electron chi connectivity index (χ3n) is 1.83. The van der Waals surface area contributed by atoms with E-state index < -0.39 is 10.0 Å². The van der Waals surface area contributed by atoms with Crippen molar-refractivity contribution in [3.63, 3.8) is 0 Å². The molecule has 0 radical (unpaired) electrons. The fourth-order valence-corrected chi connectivity index (χ4v) is 2.64. The quantitative estimate of drug-likeness (QED) is 0.647. The molecular formula is C7H7Cl2N5O2S. The molecule has 0 atom stereocenters. The van der Waals surface area contributed by atoms with Crippen LogP contribution in [0.3, 0.4) is 0 Å². The number of anilines is 1. The molecule has 0 aliphatic heterocycles. The summed E-state index contributed by atoms with van der Waals surface area (Å²) < 4.78 is 25.0. The van der Waals surface area contributed by atoms with Crippen LogP contribution < -0.4 is 4.72 Å². The Morgan fingerprint density at radius 3 is 2.88 bits per heavy atom. The zero-order valence-corrected chi connectivity index (χ0v) is 10.6. The summed E-state index contributed by atoms with van der Waals surface area (Å²) in [6, 6.07) is 0. The second-order valence-electron chi connectivity index (χ2n) is 3.05. The van der Waals surface area contributed by atoms with E-state index in [0.29, 0.717) is 5.52 Å². The van der Waals surface area contributed by atoms with E-state index in [9.17, 15) is 8.42 Å². The summed E-state index contributed by atoms with van der Waals surface area (Å²) in [4.78, 5) is 14.3. The number of sulfonamides is 1. The van der Waals surface area contributed by atoms with Gasteiger partial charge in [0.15, 0.2) is 10.8 Å². The number of alkyl halides is 1. The lowest BCUT2D eigenvalue weighted by molar-refractivity contribution is 0.602. The van der Waals surface area contributed by atoms with Crippen LogP contribution in [0, 0.1) is 0 Å². The first-order valence-corrected chi connectivity index (χ1v) is 7.01. The first kappa shape index (κ1) is 12.3. The van der Waals surface area contributed by atoms with Crippen LogP contribution in [-0.2, 0) is 10.0 Å². The summed E-state index contributed by atoms with van der Waals surface area (Å²) in [6.45, 7) is 0. The van der Waals surface area contributed by atoms with E-state index in [-0.39, 0.29) is 28.4 Å². The van der Waals surface area contributed by atoms with Gasteiger partial charge in [0.2, 0.25) is 16.0 Å². The van der Waals surface area contributed by atoms with Crippen molar-refractivity contribution in [1.29, 1.82) is 0 Å². The minimum Gasteiger partial charge on any atom is -0.341 e. The van der Waals surface area contributed by atoms with Gasteiger partial charge in [0.05, 0.1) is 12.1 Å². The van der Waals surface area contributed by atoms with Crippen LogP contribution in [0.2, 0.25) is 5.15 Å². The monoisotopic (exact) mass is 295 g/mol. The van der Waals surface area contributed by atoms with Gasteiger partial charge < -0.3 is 4.98 Å². The third kappa shape index (κ3) is 2.76. The molecule has 0 aliphatic rings. The molecule has 2 rings (SSSR count). The highest BCUT2D eigenvalue weighted by Crippen LogP contribution is 2.18. The van der Waals surface area contributed by atoms with Gasteiger partial charge in [-0.3, -0.25) is 4.72 Å². The minimum absolute atomic E-state index is 0.0201. The largest absolute Gasteiger partial charge is 0.341 e. The molecule has 2 aromatic rings. The highest BCUT2D eigenvalue weighted by molar-refractivity contribution is 7.92. The fourth-order valence-electron chi connectivity index (χ4n) is 1.14. The van der Waals surface area contributed by atoms with Gasteiger partial charge in [0.1, 0.15) is 5.52 Å². The number of aromatic nitrogens is 4. The number of nitrogens with one attached hydrogen (secondary N) is 2. The Hall–Kier alpha value is -1.12. The average molecular weight is 296 g/mol. The molecule has 0 saturated heterocycles. The first-order valence-electron chi connectivity index (χ1n) is 4.45.